The van der Waals surface area contributed by atoms with Crippen LogP contribution < -0.4 is 5.73 Å². The first kappa shape index (κ1) is 16.5. The van der Waals surface area contributed by atoms with Crippen LogP contribution in [0, 0.1) is 5.82 Å². The fourth-order valence-electron chi connectivity index (χ4n) is 3.55. The Hall–Kier alpha value is -2.98. The third-order valence-electron chi connectivity index (χ3n) is 4.77. The van der Waals surface area contributed by atoms with Gasteiger partial charge in [-0.15, -0.1) is 0 Å². The molecule has 1 amide bonds. The van der Waals surface area contributed by atoms with Gasteiger partial charge in [0.15, 0.2) is 0 Å². The minimum absolute atomic E-state index is 0.314. The van der Waals surface area contributed by atoms with Gasteiger partial charge in [-0.25, -0.2) is 4.39 Å². The van der Waals surface area contributed by atoms with Gasteiger partial charge in [-0.3, -0.25) is 4.79 Å². The minimum atomic E-state index is -0.569. The Bertz CT molecular complexity index is 1040. The number of fused-ring (bicyclic) bond motifs is 1. The number of carbonyl (C=O) groups is 1. The average molecular weight is 347 g/mol. The summed E-state index contributed by atoms with van der Waals surface area (Å²) in [7, 11) is 0. The number of amides is 1. The highest BCUT2D eigenvalue weighted by Crippen LogP contribution is 2.35. The average Bonchev–Trinajstić information content (AvgIpc) is 2.67. The highest BCUT2D eigenvalue weighted by Gasteiger charge is 2.16. The van der Waals surface area contributed by atoms with E-state index in [2.05, 4.69) is 12.1 Å². The van der Waals surface area contributed by atoms with E-state index in [1.54, 1.807) is 0 Å². The van der Waals surface area contributed by atoms with Crippen LogP contribution in [-0.4, -0.2) is 19.1 Å². The molecule has 0 bridgehead atoms. The fraction of sp³-hybridized carbons (Fsp3) is 0.136. The van der Waals surface area contributed by atoms with Gasteiger partial charge in [0, 0.05) is 5.56 Å². The molecule has 0 saturated heterocycles. The number of hydrogen-bond acceptors (Lipinski definition) is 2. The van der Waals surface area contributed by atoms with Crippen molar-refractivity contribution in [3.63, 3.8) is 0 Å². The molecule has 0 spiro atoms. The van der Waals surface area contributed by atoms with Crippen molar-refractivity contribution in [2.45, 2.75) is 6.42 Å². The smallest absolute Gasteiger partial charge is 0.249 e. The largest absolute Gasteiger partial charge is 0.377 e. The molecule has 0 unspecified atom stereocenters. The Balaban J connectivity index is 1.98. The Morgan fingerprint density at radius 3 is 2.38 bits per heavy atom. The maximum atomic E-state index is 13.9. The number of ether oxygens (including phenoxy) is 1. The van der Waals surface area contributed by atoms with E-state index in [1.807, 2.05) is 30.3 Å². The van der Waals surface area contributed by atoms with Crippen LogP contribution in [0.2, 0.25) is 0 Å². The fourth-order valence-corrected chi connectivity index (χ4v) is 3.55. The number of halogens is 1. The quantitative estimate of drug-likeness (QED) is 0.756. The summed E-state index contributed by atoms with van der Waals surface area (Å²) >= 11 is 0. The zero-order valence-corrected chi connectivity index (χ0v) is 14.2. The van der Waals surface area contributed by atoms with E-state index in [4.69, 9.17) is 10.5 Å². The molecule has 0 atom stereocenters. The molecule has 3 aromatic rings. The van der Waals surface area contributed by atoms with Gasteiger partial charge in [0.1, 0.15) is 5.82 Å². The molecule has 3 nitrogen and oxygen atoms in total. The summed E-state index contributed by atoms with van der Waals surface area (Å²) in [5, 5.41) is 2.03. The van der Waals surface area contributed by atoms with Gasteiger partial charge in [-0.2, -0.15) is 0 Å². The van der Waals surface area contributed by atoms with Crippen LogP contribution in [0.15, 0.2) is 60.7 Å². The second-order valence-corrected chi connectivity index (χ2v) is 6.31. The van der Waals surface area contributed by atoms with Gasteiger partial charge in [0.25, 0.3) is 0 Å². The molecule has 4 heteroatoms. The van der Waals surface area contributed by atoms with E-state index in [9.17, 15) is 9.18 Å². The van der Waals surface area contributed by atoms with Crippen LogP contribution in [-0.2, 0) is 4.74 Å². The summed E-state index contributed by atoms with van der Waals surface area (Å²) in [5.41, 5.74) is 9.52. The lowest BCUT2D eigenvalue weighted by Crippen LogP contribution is -2.12. The van der Waals surface area contributed by atoms with Crippen molar-refractivity contribution in [2.75, 3.05) is 13.2 Å². The number of benzene rings is 3. The first-order valence-electron chi connectivity index (χ1n) is 8.54. The SMILES string of the molecule is NC(=O)c1ccc(F)cc1-c1cccc2c(C3=CCOCC3)cccc12. The molecule has 1 aliphatic rings. The van der Waals surface area contributed by atoms with Crippen molar-refractivity contribution < 1.29 is 13.9 Å². The maximum absolute atomic E-state index is 13.9. The normalized spacial score (nSPS) is 14.3. The van der Waals surface area contributed by atoms with Crippen LogP contribution >= 0.6 is 0 Å². The second kappa shape index (κ2) is 6.73. The molecular formula is C22H18FNO2. The summed E-state index contributed by atoms with van der Waals surface area (Å²) in [6.07, 6.45) is 2.96. The summed E-state index contributed by atoms with van der Waals surface area (Å²) in [5.74, 6) is -0.967. The highest BCUT2D eigenvalue weighted by atomic mass is 19.1. The molecule has 0 aromatic heterocycles. The standard InChI is InChI=1S/C22H18FNO2/c23-15-7-8-20(22(24)25)21(13-15)19-6-2-4-17-16(3-1-5-18(17)19)14-9-11-26-12-10-14/h1-9,13H,10-12H2,(H2,24,25). The molecular weight excluding hydrogens is 329 g/mol. The summed E-state index contributed by atoms with van der Waals surface area (Å²) in [6, 6.07) is 16.0. The third kappa shape index (κ3) is 2.89. The van der Waals surface area contributed by atoms with Gasteiger partial charge < -0.3 is 10.5 Å². The van der Waals surface area contributed by atoms with Crippen molar-refractivity contribution in [1.82, 2.24) is 0 Å². The van der Waals surface area contributed by atoms with E-state index in [0.29, 0.717) is 24.3 Å². The van der Waals surface area contributed by atoms with Gasteiger partial charge in [0.05, 0.1) is 13.2 Å². The van der Waals surface area contributed by atoms with Crippen LogP contribution in [0.5, 0.6) is 0 Å². The number of nitrogens with two attached hydrogens (primary N) is 1. The van der Waals surface area contributed by atoms with Gasteiger partial charge in [-0.1, -0.05) is 42.5 Å². The lowest BCUT2D eigenvalue weighted by molar-refractivity contribution is 0.100. The van der Waals surface area contributed by atoms with Crippen LogP contribution in [0.1, 0.15) is 22.3 Å². The molecule has 0 radical (unpaired) electrons. The minimum Gasteiger partial charge on any atom is -0.377 e. The van der Waals surface area contributed by atoms with Crippen molar-refractivity contribution in [3.05, 3.63) is 77.6 Å². The Morgan fingerprint density at radius 1 is 0.962 bits per heavy atom. The summed E-state index contributed by atoms with van der Waals surface area (Å²) in [6.45, 7) is 1.32. The molecule has 0 aliphatic carbocycles. The highest BCUT2D eigenvalue weighted by molar-refractivity contribution is 6.07. The van der Waals surface area contributed by atoms with Gasteiger partial charge >= 0.3 is 0 Å². The second-order valence-electron chi connectivity index (χ2n) is 6.31. The maximum Gasteiger partial charge on any atom is 0.249 e. The van der Waals surface area contributed by atoms with Crippen LogP contribution in [0.3, 0.4) is 0 Å². The topological polar surface area (TPSA) is 52.3 Å². The van der Waals surface area contributed by atoms with Crippen molar-refractivity contribution in [3.8, 4) is 11.1 Å². The van der Waals surface area contributed by atoms with Crippen molar-refractivity contribution >= 4 is 22.3 Å². The Kier molecular flexibility index (Phi) is 4.27. The van der Waals surface area contributed by atoms with Gasteiger partial charge in [-0.05, 0) is 57.7 Å². The van der Waals surface area contributed by atoms with E-state index in [0.717, 1.165) is 28.3 Å². The zero-order valence-electron chi connectivity index (χ0n) is 14.2. The van der Waals surface area contributed by atoms with E-state index >= 15 is 0 Å². The molecule has 0 fully saturated rings. The van der Waals surface area contributed by atoms with Gasteiger partial charge in [0.2, 0.25) is 5.91 Å². The number of rotatable bonds is 3. The van der Waals surface area contributed by atoms with Crippen molar-refractivity contribution in [1.29, 1.82) is 0 Å². The summed E-state index contributed by atoms with van der Waals surface area (Å²) < 4.78 is 19.3. The Labute approximate surface area is 150 Å². The zero-order chi connectivity index (χ0) is 18.1. The third-order valence-corrected chi connectivity index (χ3v) is 4.77. The monoisotopic (exact) mass is 347 g/mol. The number of hydrogen-bond donors (Lipinski definition) is 1. The molecule has 130 valence electrons. The first-order valence-corrected chi connectivity index (χ1v) is 8.54. The first-order chi connectivity index (χ1) is 12.6. The molecule has 2 N–H and O–H groups in total. The predicted molar refractivity (Wildman–Crippen MR) is 101 cm³/mol. The molecule has 3 aromatic carbocycles. The molecule has 4 rings (SSSR count). The van der Waals surface area contributed by atoms with Crippen LogP contribution in [0.4, 0.5) is 4.39 Å². The van der Waals surface area contributed by atoms with E-state index < -0.39 is 11.7 Å². The lowest BCUT2D eigenvalue weighted by atomic mass is 9.90. The molecule has 1 aliphatic heterocycles. The molecule has 1 heterocycles. The molecule has 0 saturated carbocycles. The number of carbonyl (C=O) groups excluding carboxylic acids is 1. The van der Waals surface area contributed by atoms with Crippen molar-refractivity contribution in [2.24, 2.45) is 5.73 Å². The predicted octanol–water partition coefficient (Wildman–Crippen LogP) is 4.55. The Morgan fingerprint density at radius 2 is 1.69 bits per heavy atom. The van der Waals surface area contributed by atoms with E-state index in [1.165, 1.54) is 23.8 Å². The lowest BCUT2D eigenvalue weighted by Gasteiger charge is -2.17. The summed E-state index contributed by atoms with van der Waals surface area (Å²) in [4.78, 5) is 11.8. The number of primary amides is 1. The molecule has 26 heavy (non-hydrogen) atoms. The van der Waals surface area contributed by atoms with E-state index in [-0.39, 0.29) is 0 Å². The van der Waals surface area contributed by atoms with Crippen LogP contribution in [0.25, 0.3) is 27.5 Å².